The summed E-state index contributed by atoms with van der Waals surface area (Å²) in [5, 5.41) is 4.46. The van der Waals surface area contributed by atoms with Crippen molar-refractivity contribution in [3.8, 4) is 0 Å². The highest BCUT2D eigenvalue weighted by molar-refractivity contribution is 5.99. The first-order valence-electron chi connectivity index (χ1n) is 8.92. The van der Waals surface area contributed by atoms with E-state index in [0.29, 0.717) is 5.95 Å². The molecule has 0 radical (unpaired) electrons. The van der Waals surface area contributed by atoms with E-state index in [9.17, 15) is 0 Å². The maximum absolute atomic E-state index is 4.55. The fourth-order valence-corrected chi connectivity index (χ4v) is 2.57. The molecule has 0 aliphatic rings. The zero-order valence-electron chi connectivity index (χ0n) is 15.3. The van der Waals surface area contributed by atoms with Gasteiger partial charge >= 0.3 is 0 Å². The lowest BCUT2D eigenvalue weighted by Crippen LogP contribution is -2.06. The molecule has 0 aliphatic carbocycles. The van der Waals surface area contributed by atoms with E-state index in [2.05, 4.69) is 71.6 Å². The molecule has 0 saturated carbocycles. The maximum Gasteiger partial charge on any atom is 0.243 e. The van der Waals surface area contributed by atoms with Crippen LogP contribution in [0.2, 0.25) is 0 Å². The molecule has 0 unspecified atom stereocenters. The number of anilines is 1. The molecule has 24 heavy (non-hydrogen) atoms. The van der Waals surface area contributed by atoms with Crippen LogP contribution < -0.4 is 5.43 Å². The molecule has 1 N–H and O–H groups in total. The number of hydrazone groups is 1. The molecule has 4 heteroatoms. The molecule has 0 saturated heterocycles. The molecule has 0 amide bonds. The van der Waals surface area contributed by atoms with Crippen molar-refractivity contribution in [3.63, 3.8) is 0 Å². The summed E-state index contributed by atoms with van der Waals surface area (Å²) in [6, 6.07) is 10.7. The van der Waals surface area contributed by atoms with Gasteiger partial charge in [0.05, 0.1) is 5.71 Å². The van der Waals surface area contributed by atoms with Crippen LogP contribution in [-0.4, -0.2) is 15.7 Å². The molecule has 0 bridgehead atoms. The summed E-state index contributed by atoms with van der Waals surface area (Å²) in [5.74, 6) is 0.583. The molecule has 0 fully saturated rings. The molecule has 1 aromatic carbocycles. The zero-order valence-corrected chi connectivity index (χ0v) is 15.3. The number of nitrogens with one attached hydrogen (secondary N) is 1. The summed E-state index contributed by atoms with van der Waals surface area (Å²) in [6.45, 7) is 8.46. The standard InChI is InChI=1S/C20H28N4/c1-5-8-16-10-12-17(13-11-16)15(4)23-24-20-21-18(7-3)14-19(22-20)9-6-2/h10-14H,5-9H2,1-4H3,(H,21,22,24). The second-order valence-corrected chi connectivity index (χ2v) is 6.03. The number of hydrogen-bond acceptors (Lipinski definition) is 4. The third kappa shape index (κ3) is 5.15. The summed E-state index contributed by atoms with van der Waals surface area (Å²) >= 11 is 0. The van der Waals surface area contributed by atoms with E-state index in [4.69, 9.17) is 0 Å². The van der Waals surface area contributed by atoms with Crippen LogP contribution in [0, 0.1) is 0 Å². The minimum Gasteiger partial charge on any atom is -0.245 e. The Bertz CT molecular complexity index is 675. The number of benzene rings is 1. The number of hydrogen-bond donors (Lipinski definition) is 1. The molecule has 4 nitrogen and oxygen atoms in total. The van der Waals surface area contributed by atoms with E-state index < -0.39 is 0 Å². The van der Waals surface area contributed by atoms with Crippen LogP contribution in [0.5, 0.6) is 0 Å². The molecule has 1 aromatic heterocycles. The fourth-order valence-electron chi connectivity index (χ4n) is 2.57. The molecule has 2 rings (SSSR count). The third-order valence-electron chi connectivity index (χ3n) is 3.93. The van der Waals surface area contributed by atoms with Crippen molar-refractivity contribution in [1.82, 2.24) is 9.97 Å². The quantitative estimate of drug-likeness (QED) is 0.561. The zero-order chi connectivity index (χ0) is 17.4. The lowest BCUT2D eigenvalue weighted by Gasteiger charge is -2.07. The summed E-state index contributed by atoms with van der Waals surface area (Å²) in [7, 11) is 0. The maximum atomic E-state index is 4.55. The average Bonchev–Trinajstić information content (AvgIpc) is 2.60. The Morgan fingerprint density at radius 3 is 2.25 bits per heavy atom. The Morgan fingerprint density at radius 2 is 1.62 bits per heavy atom. The van der Waals surface area contributed by atoms with Crippen LogP contribution in [0.25, 0.3) is 0 Å². The van der Waals surface area contributed by atoms with Crippen molar-refractivity contribution in [3.05, 3.63) is 52.8 Å². The van der Waals surface area contributed by atoms with Gasteiger partial charge in [0, 0.05) is 11.4 Å². The molecular formula is C20H28N4. The molecule has 2 aromatic rings. The van der Waals surface area contributed by atoms with Crippen molar-refractivity contribution in [1.29, 1.82) is 0 Å². The largest absolute Gasteiger partial charge is 0.245 e. The SMILES string of the molecule is CCCc1ccc(C(C)=NNc2nc(CC)cc(CCC)n2)cc1. The molecule has 1 heterocycles. The minimum absolute atomic E-state index is 0.583. The van der Waals surface area contributed by atoms with E-state index in [1.165, 1.54) is 12.0 Å². The molecule has 0 atom stereocenters. The van der Waals surface area contributed by atoms with E-state index in [1.54, 1.807) is 0 Å². The Balaban J connectivity index is 2.12. The van der Waals surface area contributed by atoms with Crippen molar-refractivity contribution in [2.75, 3.05) is 5.43 Å². The smallest absolute Gasteiger partial charge is 0.243 e. The van der Waals surface area contributed by atoms with Gasteiger partial charge < -0.3 is 0 Å². The summed E-state index contributed by atoms with van der Waals surface area (Å²) < 4.78 is 0. The molecule has 0 spiro atoms. The van der Waals surface area contributed by atoms with Crippen LogP contribution in [0.1, 0.15) is 63.1 Å². The monoisotopic (exact) mass is 324 g/mol. The van der Waals surface area contributed by atoms with Gasteiger partial charge in [-0.15, -0.1) is 0 Å². The lowest BCUT2D eigenvalue weighted by atomic mass is 10.1. The van der Waals surface area contributed by atoms with Gasteiger partial charge in [0.1, 0.15) is 0 Å². The summed E-state index contributed by atoms with van der Waals surface area (Å²) in [5.41, 5.74) is 8.55. The van der Waals surface area contributed by atoms with Crippen LogP contribution in [0.15, 0.2) is 35.4 Å². The fraction of sp³-hybridized carbons (Fsp3) is 0.450. The van der Waals surface area contributed by atoms with E-state index in [-0.39, 0.29) is 0 Å². The van der Waals surface area contributed by atoms with Crippen LogP contribution >= 0.6 is 0 Å². The van der Waals surface area contributed by atoms with Crippen molar-refractivity contribution < 1.29 is 0 Å². The van der Waals surface area contributed by atoms with Gasteiger partial charge in [-0.05, 0) is 43.4 Å². The number of aryl methyl sites for hydroxylation is 3. The van der Waals surface area contributed by atoms with Gasteiger partial charge in [0.2, 0.25) is 5.95 Å². The Labute approximate surface area is 145 Å². The Kier molecular flexibility index (Phi) is 6.91. The predicted molar refractivity (Wildman–Crippen MR) is 102 cm³/mol. The predicted octanol–water partition coefficient (Wildman–Crippen LogP) is 4.78. The lowest BCUT2D eigenvalue weighted by molar-refractivity contribution is 0.856. The van der Waals surface area contributed by atoms with Gasteiger partial charge in [-0.1, -0.05) is 57.9 Å². The van der Waals surface area contributed by atoms with Crippen LogP contribution in [-0.2, 0) is 19.3 Å². The van der Waals surface area contributed by atoms with Crippen molar-refractivity contribution in [2.24, 2.45) is 5.10 Å². The average molecular weight is 324 g/mol. The van der Waals surface area contributed by atoms with Crippen molar-refractivity contribution in [2.45, 2.75) is 59.8 Å². The first kappa shape index (κ1) is 18.1. The normalized spacial score (nSPS) is 11.6. The first-order valence-corrected chi connectivity index (χ1v) is 8.92. The number of aromatic nitrogens is 2. The number of rotatable bonds is 8. The Hall–Kier alpha value is -2.23. The topological polar surface area (TPSA) is 50.2 Å². The third-order valence-corrected chi connectivity index (χ3v) is 3.93. The summed E-state index contributed by atoms with van der Waals surface area (Å²) in [6.07, 6.45) is 5.22. The van der Waals surface area contributed by atoms with E-state index in [0.717, 1.165) is 48.3 Å². The molecular weight excluding hydrogens is 296 g/mol. The van der Waals surface area contributed by atoms with Gasteiger partial charge in [-0.2, -0.15) is 5.10 Å². The highest BCUT2D eigenvalue weighted by Gasteiger charge is 2.04. The highest BCUT2D eigenvalue weighted by atomic mass is 15.4. The first-order chi connectivity index (χ1) is 11.7. The molecule has 128 valence electrons. The molecule has 0 aliphatic heterocycles. The van der Waals surface area contributed by atoms with Gasteiger partial charge in [0.15, 0.2) is 0 Å². The van der Waals surface area contributed by atoms with Crippen LogP contribution in [0.4, 0.5) is 5.95 Å². The van der Waals surface area contributed by atoms with E-state index in [1.807, 2.05) is 6.92 Å². The number of nitrogens with zero attached hydrogens (tertiary/aromatic N) is 3. The van der Waals surface area contributed by atoms with Crippen LogP contribution in [0.3, 0.4) is 0 Å². The Morgan fingerprint density at radius 1 is 0.958 bits per heavy atom. The minimum atomic E-state index is 0.583. The van der Waals surface area contributed by atoms with Gasteiger partial charge in [0.25, 0.3) is 0 Å². The van der Waals surface area contributed by atoms with Crippen molar-refractivity contribution >= 4 is 11.7 Å². The van der Waals surface area contributed by atoms with Gasteiger partial charge in [-0.3, -0.25) is 0 Å². The second-order valence-electron chi connectivity index (χ2n) is 6.03. The summed E-state index contributed by atoms with van der Waals surface area (Å²) in [4.78, 5) is 9.05. The van der Waals surface area contributed by atoms with Gasteiger partial charge in [-0.25, -0.2) is 15.4 Å². The highest BCUT2D eigenvalue weighted by Crippen LogP contribution is 2.10. The van der Waals surface area contributed by atoms with E-state index >= 15 is 0 Å². The second kappa shape index (κ2) is 9.16.